The van der Waals surface area contributed by atoms with Gasteiger partial charge in [-0.1, -0.05) is 42.6 Å². The zero-order valence-corrected chi connectivity index (χ0v) is 22.3. The molecule has 2 N–H and O–H groups in total. The minimum Gasteiger partial charge on any atom is -0.493 e. The van der Waals surface area contributed by atoms with Crippen LogP contribution in [0.3, 0.4) is 0 Å². The van der Waals surface area contributed by atoms with Crippen molar-refractivity contribution in [2.24, 2.45) is 5.92 Å². The molecule has 0 atom stereocenters. The van der Waals surface area contributed by atoms with Crippen molar-refractivity contribution in [3.63, 3.8) is 0 Å². The van der Waals surface area contributed by atoms with Crippen molar-refractivity contribution < 1.29 is 4.74 Å². The lowest BCUT2D eigenvalue weighted by molar-refractivity contribution is 0.240. The molecule has 4 rings (SSSR count). The number of rotatable bonds is 11. The first kappa shape index (κ1) is 25.2. The van der Waals surface area contributed by atoms with E-state index in [0.717, 1.165) is 59.3 Å². The molecule has 0 unspecified atom stereocenters. The van der Waals surface area contributed by atoms with E-state index in [1.54, 1.807) is 18.6 Å². The standard InChI is InChI=1S/C26H29BrN6OS/c1-3-17(4-2)16-34-19-8-9-22(27)21(13-19)23-12-18(6-5-7-20-14-31-26(28)35-20)32-25(33-23)24-15-29-10-11-30-24/h8-15,17H,3-7,16H2,1-2H3,(H2,28,31). The topological polar surface area (TPSA) is 99.7 Å². The molecule has 0 radical (unpaired) electrons. The molecule has 3 aromatic heterocycles. The van der Waals surface area contributed by atoms with Crippen molar-refractivity contribution in [3.8, 4) is 28.5 Å². The quantitative estimate of drug-likeness (QED) is 0.230. The van der Waals surface area contributed by atoms with Crippen molar-refractivity contribution in [1.29, 1.82) is 0 Å². The van der Waals surface area contributed by atoms with Gasteiger partial charge in [0, 0.05) is 39.2 Å². The van der Waals surface area contributed by atoms with Gasteiger partial charge in [-0.3, -0.25) is 4.98 Å². The number of aromatic nitrogens is 5. The predicted molar refractivity (Wildman–Crippen MR) is 144 cm³/mol. The molecule has 0 bridgehead atoms. The summed E-state index contributed by atoms with van der Waals surface area (Å²) in [6.07, 6.45) is 11.7. The SMILES string of the molecule is CCC(CC)COc1ccc(Br)c(-c2cc(CCCc3cnc(N)s3)nc(-c3cnccn3)n2)c1. The molecule has 0 aliphatic heterocycles. The van der Waals surface area contributed by atoms with E-state index in [0.29, 0.717) is 29.2 Å². The van der Waals surface area contributed by atoms with Crippen LogP contribution < -0.4 is 10.5 Å². The second-order valence-electron chi connectivity index (χ2n) is 8.31. The fourth-order valence-corrected chi connectivity index (χ4v) is 4.88. The minimum atomic E-state index is 0.546. The Bertz CT molecular complexity index is 1250. The van der Waals surface area contributed by atoms with Crippen molar-refractivity contribution in [3.05, 3.63) is 64.1 Å². The first-order chi connectivity index (χ1) is 17.1. The van der Waals surface area contributed by atoms with Crippen molar-refractivity contribution in [1.82, 2.24) is 24.9 Å². The lowest BCUT2D eigenvalue weighted by Gasteiger charge is -2.15. The molecule has 35 heavy (non-hydrogen) atoms. The third-order valence-corrected chi connectivity index (χ3v) is 7.43. The summed E-state index contributed by atoms with van der Waals surface area (Å²) < 4.78 is 7.07. The van der Waals surface area contributed by atoms with E-state index in [9.17, 15) is 0 Å². The highest BCUT2D eigenvalue weighted by Crippen LogP contribution is 2.32. The van der Waals surface area contributed by atoms with E-state index in [-0.39, 0.29) is 0 Å². The van der Waals surface area contributed by atoms with E-state index in [1.807, 2.05) is 30.5 Å². The molecule has 0 saturated heterocycles. The molecule has 0 saturated carbocycles. The van der Waals surface area contributed by atoms with E-state index in [4.69, 9.17) is 20.4 Å². The molecule has 0 fully saturated rings. The summed E-state index contributed by atoms with van der Waals surface area (Å²) in [7, 11) is 0. The molecular weight excluding hydrogens is 524 g/mol. The van der Waals surface area contributed by atoms with Crippen LogP contribution in [0.4, 0.5) is 5.13 Å². The zero-order chi connectivity index (χ0) is 24.6. The Morgan fingerprint density at radius 2 is 1.86 bits per heavy atom. The molecule has 1 aromatic carbocycles. The summed E-state index contributed by atoms with van der Waals surface area (Å²) in [6.45, 7) is 5.10. The van der Waals surface area contributed by atoms with Gasteiger partial charge in [0.15, 0.2) is 11.0 Å². The Hall–Kier alpha value is -2.91. The number of halogens is 1. The largest absolute Gasteiger partial charge is 0.493 e. The van der Waals surface area contributed by atoms with Gasteiger partial charge in [-0.2, -0.15) is 0 Å². The summed E-state index contributed by atoms with van der Waals surface area (Å²) in [5.41, 5.74) is 9.13. The van der Waals surface area contributed by atoms with Crippen LogP contribution in [0, 0.1) is 5.92 Å². The van der Waals surface area contributed by atoms with Gasteiger partial charge in [0.2, 0.25) is 0 Å². The van der Waals surface area contributed by atoms with Crippen LogP contribution in [0.1, 0.15) is 43.7 Å². The fraction of sp³-hybridized carbons (Fsp3) is 0.346. The van der Waals surface area contributed by atoms with Gasteiger partial charge >= 0.3 is 0 Å². The molecule has 0 amide bonds. The number of hydrogen-bond acceptors (Lipinski definition) is 8. The smallest absolute Gasteiger partial charge is 0.180 e. The third kappa shape index (κ3) is 6.82. The van der Waals surface area contributed by atoms with E-state index in [2.05, 4.69) is 44.7 Å². The van der Waals surface area contributed by atoms with Crippen LogP contribution >= 0.6 is 27.3 Å². The van der Waals surface area contributed by atoms with Crippen molar-refractivity contribution >= 4 is 32.4 Å². The number of thiazole rings is 1. The van der Waals surface area contributed by atoms with Gasteiger partial charge in [-0.05, 0) is 49.4 Å². The number of benzene rings is 1. The highest BCUT2D eigenvalue weighted by Gasteiger charge is 2.14. The summed E-state index contributed by atoms with van der Waals surface area (Å²) in [6, 6.07) is 8.09. The molecule has 0 spiro atoms. The minimum absolute atomic E-state index is 0.546. The van der Waals surface area contributed by atoms with Crippen LogP contribution in [-0.4, -0.2) is 31.5 Å². The molecule has 0 aliphatic rings. The van der Waals surface area contributed by atoms with Gasteiger partial charge in [0.1, 0.15) is 11.4 Å². The summed E-state index contributed by atoms with van der Waals surface area (Å²) in [4.78, 5) is 23.6. The van der Waals surface area contributed by atoms with Gasteiger partial charge in [-0.25, -0.2) is 19.9 Å². The van der Waals surface area contributed by atoms with Crippen molar-refractivity contribution in [2.75, 3.05) is 12.3 Å². The van der Waals surface area contributed by atoms with E-state index >= 15 is 0 Å². The third-order valence-electron chi connectivity index (χ3n) is 5.85. The maximum Gasteiger partial charge on any atom is 0.180 e. The maximum absolute atomic E-state index is 6.13. The van der Waals surface area contributed by atoms with Crippen LogP contribution in [0.2, 0.25) is 0 Å². The maximum atomic E-state index is 6.13. The highest BCUT2D eigenvalue weighted by molar-refractivity contribution is 9.10. The Kier molecular flexibility index (Phi) is 8.76. The number of nitrogens with zero attached hydrogens (tertiary/aromatic N) is 5. The fourth-order valence-electron chi connectivity index (χ4n) is 3.70. The first-order valence-corrected chi connectivity index (χ1v) is 13.4. The van der Waals surface area contributed by atoms with Crippen LogP contribution in [0.25, 0.3) is 22.8 Å². The van der Waals surface area contributed by atoms with Crippen molar-refractivity contribution in [2.45, 2.75) is 46.0 Å². The molecule has 9 heteroatoms. The van der Waals surface area contributed by atoms with Gasteiger partial charge < -0.3 is 10.5 Å². The Morgan fingerprint density at radius 1 is 1.00 bits per heavy atom. The number of ether oxygens (including phenoxy) is 1. The van der Waals surface area contributed by atoms with Crippen LogP contribution in [-0.2, 0) is 12.8 Å². The lowest BCUT2D eigenvalue weighted by atomic mass is 10.1. The summed E-state index contributed by atoms with van der Waals surface area (Å²) >= 11 is 5.24. The number of aryl methyl sites for hydroxylation is 2. The van der Waals surface area contributed by atoms with Gasteiger partial charge in [0.05, 0.1) is 18.5 Å². The van der Waals surface area contributed by atoms with Gasteiger partial charge in [-0.15, -0.1) is 11.3 Å². The van der Waals surface area contributed by atoms with Crippen LogP contribution in [0.5, 0.6) is 5.75 Å². The molecule has 3 heterocycles. The number of hydrogen-bond donors (Lipinski definition) is 1. The normalized spacial score (nSPS) is 11.2. The average Bonchev–Trinajstić information content (AvgIpc) is 3.30. The number of anilines is 1. The van der Waals surface area contributed by atoms with Crippen LogP contribution in [0.15, 0.2) is 53.5 Å². The average molecular weight is 554 g/mol. The first-order valence-electron chi connectivity index (χ1n) is 11.8. The molecule has 0 aliphatic carbocycles. The molecule has 7 nitrogen and oxygen atoms in total. The molecular formula is C26H29BrN6OS. The second-order valence-corrected chi connectivity index (χ2v) is 10.3. The lowest BCUT2D eigenvalue weighted by Crippen LogP contribution is -2.10. The second kappa shape index (κ2) is 12.2. The highest BCUT2D eigenvalue weighted by atomic mass is 79.9. The Balaban J connectivity index is 1.62. The molecule has 4 aromatic rings. The number of nitrogen functional groups attached to an aromatic ring is 1. The predicted octanol–water partition coefficient (Wildman–Crippen LogP) is 6.39. The zero-order valence-electron chi connectivity index (χ0n) is 19.9. The summed E-state index contributed by atoms with van der Waals surface area (Å²) in [5, 5.41) is 0.602. The Morgan fingerprint density at radius 3 is 2.57 bits per heavy atom. The van der Waals surface area contributed by atoms with E-state index in [1.165, 1.54) is 16.2 Å². The monoisotopic (exact) mass is 552 g/mol. The van der Waals surface area contributed by atoms with Gasteiger partial charge in [0.25, 0.3) is 0 Å². The Labute approximate surface area is 218 Å². The summed E-state index contributed by atoms with van der Waals surface area (Å²) in [5.74, 6) is 1.94. The number of nitrogens with two attached hydrogens (primary N) is 1. The molecule has 182 valence electrons. The van der Waals surface area contributed by atoms with E-state index < -0.39 is 0 Å².